The number of likely N-dealkylation sites (N-methyl/N-ethyl adjacent to an activating group) is 1. The fraction of sp³-hybridized carbons (Fsp3) is 0.562. The zero-order valence-corrected chi connectivity index (χ0v) is 12.7. The molecular formula is C16H24N2O3. The SMILES string of the molecule is COc1ccc(OCCN(C)C(=O)[C@@H]2CCC[C@H]2N)cc1. The van der Waals surface area contributed by atoms with Crippen molar-refractivity contribution in [1.82, 2.24) is 4.90 Å². The predicted octanol–water partition coefficient (Wildman–Crippen LogP) is 1.66. The molecule has 1 fully saturated rings. The molecule has 0 aromatic heterocycles. The third kappa shape index (κ3) is 4.11. The van der Waals surface area contributed by atoms with Crippen molar-refractivity contribution in [2.45, 2.75) is 25.3 Å². The third-order valence-corrected chi connectivity index (χ3v) is 4.02. The molecule has 1 saturated carbocycles. The van der Waals surface area contributed by atoms with E-state index >= 15 is 0 Å². The fourth-order valence-corrected chi connectivity index (χ4v) is 2.66. The van der Waals surface area contributed by atoms with Gasteiger partial charge in [-0.25, -0.2) is 0 Å². The maximum atomic E-state index is 12.3. The van der Waals surface area contributed by atoms with E-state index in [1.54, 1.807) is 12.0 Å². The first-order chi connectivity index (χ1) is 10.1. The molecule has 0 unspecified atom stereocenters. The second-order valence-corrected chi connectivity index (χ2v) is 5.49. The van der Waals surface area contributed by atoms with Crippen LogP contribution in [0.3, 0.4) is 0 Å². The van der Waals surface area contributed by atoms with E-state index in [0.29, 0.717) is 13.2 Å². The van der Waals surface area contributed by atoms with Gasteiger partial charge in [0.1, 0.15) is 18.1 Å². The molecule has 1 aliphatic carbocycles. The number of methoxy groups -OCH3 is 1. The average Bonchev–Trinajstić information content (AvgIpc) is 2.93. The summed E-state index contributed by atoms with van der Waals surface area (Å²) in [6.07, 6.45) is 2.91. The Morgan fingerprint density at radius 2 is 1.95 bits per heavy atom. The van der Waals surface area contributed by atoms with Gasteiger partial charge >= 0.3 is 0 Å². The number of ether oxygens (including phenoxy) is 2. The monoisotopic (exact) mass is 292 g/mol. The quantitative estimate of drug-likeness (QED) is 0.866. The number of carbonyl (C=O) groups excluding carboxylic acids is 1. The van der Waals surface area contributed by atoms with Gasteiger partial charge in [0.25, 0.3) is 0 Å². The molecule has 0 aliphatic heterocycles. The Morgan fingerprint density at radius 1 is 1.29 bits per heavy atom. The summed E-state index contributed by atoms with van der Waals surface area (Å²) in [6.45, 7) is 1.03. The summed E-state index contributed by atoms with van der Waals surface area (Å²) in [5.41, 5.74) is 5.97. The lowest BCUT2D eigenvalue weighted by Gasteiger charge is -2.23. The highest BCUT2D eigenvalue weighted by molar-refractivity contribution is 5.79. The number of hydrogen-bond acceptors (Lipinski definition) is 4. The molecule has 2 N–H and O–H groups in total. The summed E-state index contributed by atoms with van der Waals surface area (Å²) in [6, 6.07) is 7.42. The van der Waals surface area contributed by atoms with Gasteiger partial charge in [0.15, 0.2) is 0 Å². The number of nitrogens with zero attached hydrogens (tertiary/aromatic N) is 1. The van der Waals surface area contributed by atoms with E-state index in [0.717, 1.165) is 30.8 Å². The Hall–Kier alpha value is -1.75. The van der Waals surface area contributed by atoms with Crippen LogP contribution in [-0.2, 0) is 4.79 Å². The van der Waals surface area contributed by atoms with Crippen molar-refractivity contribution in [3.8, 4) is 11.5 Å². The lowest BCUT2D eigenvalue weighted by atomic mass is 10.0. The Kier molecular flexibility index (Phi) is 5.44. The van der Waals surface area contributed by atoms with Crippen molar-refractivity contribution >= 4 is 5.91 Å². The van der Waals surface area contributed by atoms with Crippen molar-refractivity contribution in [3.63, 3.8) is 0 Å². The molecule has 0 bridgehead atoms. The first-order valence-corrected chi connectivity index (χ1v) is 7.39. The van der Waals surface area contributed by atoms with Crippen molar-refractivity contribution in [1.29, 1.82) is 0 Å². The van der Waals surface area contributed by atoms with Gasteiger partial charge in [-0.2, -0.15) is 0 Å². The van der Waals surface area contributed by atoms with Crippen LogP contribution in [-0.4, -0.2) is 44.2 Å². The largest absolute Gasteiger partial charge is 0.497 e. The maximum Gasteiger partial charge on any atom is 0.227 e. The first kappa shape index (κ1) is 15.6. The van der Waals surface area contributed by atoms with Crippen LogP contribution in [0.1, 0.15) is 19.3 Å². The highest BCUT2D eigenvalue weighted by atomic mass is 16.5. The van der Waals surface area contributed by atoms with E-state index in [1.807, 2.05) is 31.3 Å². The minimum atomic E-state index is -0.0176. The summed E-state index contributed by atoms with van der Waals surface area (Å²) in [4.78, 5) is 14.0. The van der Waals surface area contributed by atoms with Gasteiger partial charge in [-0.1, -0.05) is 6.42 Å². The molecule has 2 rings (SSSR count). The molecule has 0 radical (unpaired) electrons. The number of benzene rings is 1. The van der Waals surface area contributed by atoms with Crippen LogP contribution in [0.4, 0.5) is 0 Å². The number of rotatable bonds is 6. The average molecular weight is 292 g/mol. The van der Waals surface area contributed by atoms with E-state index in [2.05, 4.69) is 0 Å². The van der Waals surface area contributed by atoms with Gasteiger partial charge in [-0.15, -0.1) is 0 Å². The normalized spacial score (nSPS) is 21.1. The highest BCUT2D eigenvalue weighted by Gasteiger charge is 2.31. The molecule has 5 heteroatoms. The van der Waals surface area contributed by atoms with Gasteiger partial charge in [0.05, 0.1) is 19.6 Å². The van der Waals surface area contributed by atoms with Gasteiger partial charge in [-0.3, -0.25) is 4.79 Å². The smallest absolute Gasteiger partial charge is 0.227 e. The standard InChI is InChI=1S/C16H24N2O3/c1-18(16(19)14-4-3-5-15(14)17)10-11-21-13-8-6-12(20-2)7-9-13/h6-9,14-15H,3-5,10-11,17H2,1-2H3/t14-,15-/m1/s1. The van der Waals surface area contributed by atoms with Crippen molar-refractivity contribution in [3.05, 3.63) is 24.3 Å². The fourth-order valence-electron chi connectivity index (χ4n) is 2.66. The van der Waals surface area contributed by atoms with Gasteiger partial charge in [-0.05, 0) is 37.1 Å². The van der Waals surface area contributed by atoms with Crippen LogP contribution in [0.5, 0.6) is 11.5 Å². The minimum Gasteiger partial charge on any atom is -0.497 e. The predicted molar refractivity (Wildman–Crippen MR) is 81.4 cm³/mol. The van der Waals surface area contributed by atoms with Gasteiger partial charge in [0.2, 0.25) is 5.91 Å². The number of amides is 1. The van der Waals surface area contributed by atoms with Crippen molar-refractivity contribution < 1.29 is 14.3 Å². The molecule has 0 heterocycles. The molecule has 116 valence electrons. The Labute approximate surface area is 126 Å². The van der Waals surface area contributed by atoms with Crippen LogP contribution >= 0.6 is 0 Å². The summed E-state index contributed by atoms with van der Waals surface area (Å²) >= 11 is 0. The van der Waals surface area contributed by atoms with Crippen LogP contribution in [0, 0.1) is 5.92 Å². The Balaban J connectivity index is 1.75. The van der Waals surface area contributed by atoms with Crippen molar-refractivity contribution in [2.24, 2.45) is 11.7 Å². The molecule has 0 saturated heterocycles. The zero-order valence-electron chi connectivity index (χ0n) is 12.7. The van der Waals surface area contributed by atoms with E-state index in [4.69, 9.17) is 15.2 Å². The molecular weight excluding hydrogens is 268 g/mol. The van der Waals surface area contributed by atoms with Gasteiger partial charge < -0.3 is 20.1 Å². The van der Waals surface area contributed by atoms with E-state index in [9.17, 15) is 4.79 Å². The first-order valence-electron chi connectivity index (χ1n) is 7.39. The number of hydrogen-bond donors (Lipinski definition) is 1. The molecule has 1 amide bonds. The van der Waals surface area contributed by atoms with Gasteiger partial charge in [0, 0.05) is 13.1 Å². The van der Waals surface area contributed by atoms with E-state index < -0.39 is 0 Å². The van der Waals surface area contributed by atoms with E-state index in [-0.39, 0.29) is 17.9 Å². The topological polar surface area (TPSA) is 64.8 Å². The number of nitrogens with two attached hydrogens (primary N) is 1. The maximum absolute atomic E-state index is 12.3. The lowest BCUT2D eigenvalue weighted by molar-refractivity contribution is -0.134. The molecule has 21 heavy (non-hydrogen) atoms. The Bertz CT molecular complexity index is 461. The molecule has 0 spiro atoms. The molecule has 1 aromatic rings. The number of carbonyl (C=O) groups is 1. The van der Waals surface area contributed by atoms with Crippen LogP contribution in [0.25, 0.3) is 0 Å². The lowest BCUT2D eigenvalue weighted by Crippen LogP contribution is -2.41. The minimum absolute atomic E-state index is 0.0162. The molecule has 1 aromatic carbocycles. The zero-order chi connectivity index (χ0) is 15.2. The molecule has 2 atom stereocenters. The van der Waals surface area contributed by atoms with Crippen LogP contribution < -0.4 is 15.2 Å². The summed E-state index contributed by atoms with van der Waals surface area (Å²) in [5, 5.41) is 0. The third-order valence-electron chi connectivity index (χ3n) is 4.02. The van der Waals surface area contributed by atoms with E-state index in [1.165, 1.54) is 0 Å². The molecule has 5 nitrogen and oxygen atoms in total. The summed E-state index contributed by atoms with van der Waals surface area (Å²) in [7, 11) is 3.44. The van der Waals surface area contributed by atoms with Crippen LogP contribution in [0.15, 0.2) is 24.3 Å². The molecule has 1 aliphatic rings. The second kappa shape index (κ2) is 7.31. The van der Waals surface area contributed by atoms with Crippen molar-refractivity contribution in [2.75, 3.05) is 27.3 Å². The Morgan fingerprint density at radius 3 is 2.52 bits per heavy atom. The van der Waals surface area contributed by atoms with Crippen LogP contribution in [0.2, 0.25) is 0 Å². The second-order valence-electron chi connectivity index (χ2n) is 5.49. The summed E-state index contributed by atoms with van der Waals surface area (Å²) in [5.74, 6) is 1.69. The highest BCUT2D eigenvalue weighted by Crippen LogP contribution is 2.25. The summed E-state index contributed by atoms with van der Waals surface area (Å²) < 4.78 is 10.7.